The Hall–Kier alpha value is -3.60. The van der Waals surface area contributed by atoms with Gasteiger partial charge in [-0.25, -0.2) is 8.78 Å². The molecule has 1 aromatic carbocycles. The van der Waals surface area contributed by atoms with Crippen LogP contribution in [0, 0.1) is 17.0 Å². The van der Waals surface area contributed by atoms with Gasteiger partial charge in [-0.15, -0.1) is 10.2 Å². The fourth-order valence-electron chi connectivity index (χ4n) is 3.39. The predicted octanol–water partition coefficient (Wildman–Crippen LogP) is 4.03. The van der Waals surface area contributed by atoms with Crippen LogP contribution in [0.3, 0.4) is 0 Å². The summed E-state index contributed by atoms with van der Waals surface area (Å²) >= 11 is 1.58. The highest BCUT2D eigenvalue weighted by molar-refractivity contribution is 7.99. The molecule has 0 spiro atoms. The second-order valence-electron chi connectivity index (χ2n) is 7.17. The molecule has 0 bridgehead atoms. The summed E-state index contributed by atoms with van der Waals surface area (Å²) in [6.07, 6.45) is 11.6. The van der Waals surface area contributed by atoms with Crippen molar-refractivity contribution in [3.05, 3.63) is 71.8 Å². The summed E-state index contributed by atoms with van der Waals surface area (Å²) in [6.45, 7) is -0.152. The van der Waals surface area contributed by atoms with Crippen molar-refractivity contribution in [3.8, 4) is 11.4 Å². The normalized spacial score (nSPS) is 16.1. The highest BCUT2D eigenvalue weighted by Gasteiger charge is 2.21. The van der Waals surface area contributed by atoms with E-state index in [1.54, 1.807) is 34.8 Å². The molecule has 33 heavy (non-hydrogen) atoms. The van der Waals surface area contributed by atoms with Crippen LogP contribution in [-0.2, 0) is 6.61 Å². The van der Waals surface area contributed by atoms with Crippen LogP contribution < -0.4 is 10.6 Å². The van der Waals surface area contributed by atoms with Crippen LogP contribution in [0.4, 0.5) is 8.78 Å². The number of nitrogens with one attached hydrogen (secondary N) is 1. The van der Waals surface area contributed by atoms with Gasteiger partial charge in [0.25, 0.3) is 0 Å². The fraction of sp³-hybridized carbons (Fsp3) is 0.227. The molecule has 2 heterocycles. The van der Waals surface area contributed by atoms with E-state index in [1.807, 2.05) is 6.07 Å². The minimum atomic E-state index is -0.816. The highest BCUT2D eigenvalue weighted by Crippen LogP contribution is 2.31. The van der Waals surface area contributed by atoms with E-state index in [2.05, 4.69) is 32.4 Å². The number of pyridine rings is 1. The Morgan fingerprint density at radius 1 is 1.33 bits per heavy atom. The van der Waals surface area contributed by atoms with E-state index in [4.69, 9.17) is 16.0 Å². The number of hydrogen-bond donors (Lipinski definition) is 2. The molecule has 0 aliphatic heterocycles. The van der Waals surface area contributed by atoms with Gasteiger partial charge in [0.1, 0.15) is 18.1 Å². The van der Waals surface area contributed by atoms with Crippen molar-refractivity contribution in [2.45, 2.75) is 36.3 Å². The van der Waals surface area contributed by atoms with E-state index in [0.29, 0.717) is 11.0 Å². The molecule has 0 amide bonds. The zero-order chi connectivity index (χ0) is 23.2. The topological polar surface area (TPSA) is 115 Å². The Kier molecular flexibility index (Phi) is 7.08. The number of nitrogens with zero attached hydrogens (tertiary/aromatic N) is 5. The lowest BCUT2D eigenvalue weighted by atomic mass is 10.1. The molecule has 170 valence electrons. The number of benzene rings is 1. The van der Waals surface area contributed by atoms with Crippen LogP contribution in [0.15, 0.2) is 59.1 Å². The van der Waals surface area contributed by atoms with Crippen LogP contribution in [-0.4, -0.2) is 36.9 Å². The van der Waals surface area contributed by atoms with E-state index in [-0.39, 0.29) is 28.9 Å². The highest BCUT2D eigenvalue weighted by atomic mass is 32.2. The summed E-state index contributed by atoms with van der Waals surface area (Å²) in [4.78, 5) is 4.17. The SMILES string of the molecule is N=C/C(=N\N)c1cc(F)c(OCc2nnc(SC3C=CCCC3)n2-c2cccnc2)cc1F. The van der Waals surface area contributed by atoms with Gasteiger partial charge in [-0.1, -0.05) is 23.9 Å². The zero-order valence-electron chi connectivity index (χ0n) is 17.5. The Morgan fingerprint density at radius 2 is 2.21 bits per heavy atom. The molecule has 4 rings (SSSR count). The van der Waals surface area contributed by atoms with Gasteiger partial charge in [0.15, 0.2) is 22.5 Å². The summed E-state index contributed by atoms with van der Waals surface area (Å²) in [7, 11) is 0. The smallest absolute Gasteiger partial charge is 0.196 e. The van der Waals surface area contributed by atoms with Crippen LogP contribution in [0.1, 0.15) is 30.7 Å². The molecular formula is C22H21F2N7OS. The Bertz CT molecular complexity index is 1200. The quantitative estimate of drug-likeness (QED) is 0.223. The second kappa shape index (κ2) is 10.3. The first-order chi connectivity index (χ1) is 16.1. The number of rotatable bonds is 8. The third-order valence-electron chi connectivity index (χ3n) is 5.00. The Morgan fingerprint density at radius 3 is 2.91 bits per heavy atom. The lowest BCUT2D eigenvalue weighted by molar-refractivity contribution is 0.276. The Balaban J connectivity index is 1.61. The molecule has 3 aromatic rings. The van der Waals surface area contributed by atoms with Gasteiger partial charge in [0.2, 0.25) is 0 Å². The number of hydrogen-bond acceptors (Lipinski definition) is 8. The van der Waals surface area contributed by atoms with Gasteiger partial charge < -0.3 is 16.0 Å². The number of halogens is 2. The molecule has 0 fully saturated rings. The van der Waals surface area contributed by atoms with Gasteiger partial charge >= 0.3 is 0 Å². The summed E-state index contributed by atoms with van der Waals surface area (Å²) in [5.41, 5.74) is 0.322. The lowest BCUT2D eigenvalue weighted by Gasteiger charge is -2.16. The number of hydrazone groups is 1. The summed E-state index contributed by atoms with van der Waals surface area (Å²) < 4.78 is 36.4. The van der Waals surface area contributed by atoms with E-state index < -0.39 is 11.6 Å². The molecule has 1 unspecified atom stereocenters. The van der Waals surface area contributed by atoms with Crippen molar-refractivity contribution in [3.63, 3.8) is 0 Å². The summed E-state index contributed by atoms with van der Waals surface area (Å²) in [6, 6.07) is 5.44. The second-order valence-corrected chi connectivity index (χ2v) is 8.38. The van der Waals surface area contributed by atoms with Crippen molar-refractivity contribution < 1.29 is 13.5 Å². The van der Waals surface area contributed by atoms with E-state index in [9.17, 15) is 8.78 Å². The van der Waals surface area contributed by atoms with Crippen LogP contribution in [0.2, 0.25) is 0 Å². The number of thioether (sulfide) groups is 1. The molecule has 11 heteroatoms. The molecule has 0 radical (unpaired) electrons. The monoisotopic (exact) mass is 469 g/mol. The van der Waals surface area contributed by atoms with Crippen LogP contribution in [0.5, 0.6) is 5.75 Å². The molecule has 0 saturated carbocycles. The van der Waals surface area contributed by atoms with Gasteiger partial charge in [-0.05, 0) is 37.5 Å². The Labute approximate surface area is 193 Å². The molecular weight excluding hydrogens is 448 g/mol. The first kappa shape index (κ1) is 22.6. The third-order valence-corrected chi connectivity index (χ3v) is 6.17. The van der Waals surface area contributed by atoms with Crippen molar-refractivity contribution in [1.29, 1.82) is 5.41 Å². The first-order valence-corrected chi connectivity index (χ1v) is 11.1. The van der Waals surface area contributed by atoms with E-state index in [0.717, 1.165) is 43.3 Å². The van der Waals surface area contributed by atoms with E-state index in [1.165, 1.54) is 0 Å². The minimum Gasteiger partial charge on any atom is -0.482 e. The standard InChI is InChI=1S/C22H21F2N7OS/c23-17-10-20(18(24)9-16(17)19(11-25)28-26)32-13-21-29-30-22(33-15-6-2-1-3-7-15)31(21)14-5-4-8-27-12-14/h2,4-6,8-12,15,25H,1,3,7,13,26H2/b25-11?,28-19+. The largest absolute Gasteiger partial charge is 0.482 e. The maximum atomic E-state index is 14.6. The van der Waals surface area contributed by atoms with Crippen molar-refractivity contribution in [1.82, 2.24) is 19.7 Å². The van der Waals surface area contributed by atoms with E-state index >= 15 is 0 Å². The average Bonchev–Trinajstić information content (AvgIpc) is 3.24. The number of ether oxygens (including phenoxy) is 1. The predicted molar refractivity (Wildman–Crippen MR) is 122 cm³/mol. The number of aromatic nitrogens is 4. The number of nitrogens with two attached hydrogens (primary N) is 1. The van der Waals surface area contributed by atoms with Crippen LogP contribution in [0.25, 0.3) is 5.69 Å². The summed E-state index contributed by atoms with van der Waals surface area (Å²) in [5.74, 6) is 3.62. The van der Waals surface area contributed by atoms with Crippen LogP contribution >= 0.6 is 11.8 Å². The third kappa shape index (κ3) is 5.08. The van der Waals surface area contributed by atoms with Gasteiger partial charge in [0.05, 0.1) is 11.9 Å². The molecule has 1 aliphatic rings. The molecule has 1 aliphatic carbocycles. The van der Waals surface area contributed by atoms with Gasteiger partial charge in [-0.2, -0.15) is 5.10 Å². The van der Waals surface area contributed by atoms with Crippen molar-refractivity contribution >= 4 is 23.7 Å². The maximum absolute atomic E-state index is 14.6. The van der Waals surface area contributed by atoms with Gasteiger partial charge in [-0.3, -0.25) is 9.55 Å². The molecule has 2 aromatic heterocycles. The summed E-state index contributed by atoms with van der Waals surface area (Å²) in [5, 5.41) is 20.0. The molecule has 8 nitrogen and oxygen atoms in total. The average molecular weight is 470 g/mol. The molecule has 0 saturated heterocycles. The zero-order valence-corrected chi connectivity index (χ0v) is 18.3. The van der Waals surface area contributed by atoms with Crippen molar-refractivity contribution in [2.75, 3.05) is 0 Å². The molecule has 3 N–H and O–H groups in total. The van der Waals surface area contributed by atoms with Gasteiger partial charge in [0, 0.05) is 29.3 Å². The maximum Gasteiger partial charge on any atom is 0.196 e. The first-order valence-electron chi connectivity index (χ1n) is 10.2. The fourth-order valence-corrected chi connectivity index (χ4v) is 4.54. The lowest BCUT2D eigenvalue weighted by Crippen LogP contribution is -2.11. The molecule has 1 atom stereocenters. The number of allylic oxidation sites excluding steroid dienone is 1. The van der Waals surface area contributed by atoms with Crippen molar-refractivity contribution in [2.24, 2.45) is 10.9 Å². The minimum absolute atomic E-state index is 0.152.